The van der Waals surface area contributed by atoms with Crippen molar-refractivity contribution in [3.63, 3.8) is 0 Å². The van der Waals surface area contributed by atoms with Crippen molar-refractivity contribution >= 4 is 0 Å². The number of ether oxygens (including phenoxy) is 1. The van der Waals surface area contributed by atoms with E-state index in [1.54, 1.807) is 6.07 Å². The molecule has 1 atom stereocenters. The van der Waals surface area contributed by atoms with Crippen molar-refractivity contribution in [2.24, 2.45) is 0 Å². The Morgan fingerprint density at radius 1 is 1.56 bits per heavy atom. The molecule has 1 aromatic rings. The Morgan fingerprint density at radius 3 is 2.81 bits per heavy atom. The zero-order valence-electron chi connectivity index (χ0n) is 8.74. The van der Waals surface area contributed by atoms with Crippen molar-refractivity contribution < 1.29 is 23.0 Å². The van der Waals surface area contributed by atoms with Gasteiger partial charge in [-0.1, -0.05) is 0 Å². The van der Waals surface area contributed by atoms with E-state index in [0.29, 0.717) is 12.2 Å². The van der Waals surface area contributed by atoms with E-state index in [9.17, 15) is 18.3 Å². The molecule has 0 saturated carbocycles. The molecule has 0 aliphatic rings. The lowest BCUT2D eigenvalue weighted by Gasteiger charge is -2.13. The van der Waals surface area contributed by atoms with Gasteiger partial charge in [0.05, 0.1) is 12.3 Å². The molecule has 0 fully saturated rings. The Labute approximate surface area is 90.6 Å². The van der Waals surface area contributed by atoms with E-state index >= 15 is 0 Å². The number of alkyl halides is 3. The molecule has 0 spiro atoms. The molecular weight excluding hydrogens is 225 g/mol. The third kappa shape index (κ3) is 3.82. The van der Waals surface area contributed by atoms with Crippen LogP contribution in [-0.4, -0.2) is 34.3 Å². The first-order valence-corrected chi connectivity index (χ1v) is 4.78. The van der Waals surface area contributed by atoms with Gasteiger partial charge in [-0.2, -0.15) is 18.3 Å². The predicted octanol–water partition coefficient (Wildman–Crippen LogP) is 1.52. The maximum Gasteiger partial charge on any atom is 0.411 e. The molecule has 0 saturated heterocycles. The van der Waals surface area contributed by atoms with Gasteiger partial charge in [0.1, 0.15) is 12.7 Å². The first-order valence-electron chi connectivity index (χ1n) is 4.78. The van der Waals surface area contributed by atoms with Crippen LogP contribution >= 0.6 is 0 Å². The highest BCUT2D eigenvalue weighted by molar-refractivity contribution is 5.04. The van der Waals surface area contributed by atoms with Crippen molar-refractivity contribution in [1.82, 2.24) is 9.78 Å². The van der Waals surface area contributed by atoms with Gasteiger partial charge >= 0.3 is 6.18 Å². The molecule has 1 N–H and O–H groups in total. The summed E-state index contributed by atoms with van der Waals surface area (Å²) in [5.74, 6) is 0. The second kappa shape index (κ2) is 5.31. The van der Waals surface area contributed by atoms with Gasteiger partial charge in [0.15, 0.2) is 0 Å². The first-order chi connectivity index (χ1) is 7.44. The fraction of sp³-hybridized carbons (Fsp3) is 0.667. The lowest BCUT2D eigenvalue weighted by atomic mass is 10.2. The number of nitrogens with zero attached hydrogens (tertiary/aromatic N) is 2. The summed E-state index contributed by atoms with van der Waals surface area (Å²) in [5, 5.41) is 13.5. The monoisotopic (exact) mass is 238 g/mol. The average Bonchev–Trinajstić information content (AvgIpc) is 2.63. The van der Waals surface area contributed by atoms with Crippen LogP contribution in [-0.2, 0) is 11.3 Å². The molecular formula is C9H13F3N2O2. The summed E-state index contributed by atoms with van der Waals surface area (Å²) in [6.07, 6.45) is -3.99. The maximum atomic E-state index is 11.8. The molecule has 1 heterocycles. The summed E-state index contributed by atoms with van der Waals surface area (Å²) in [5.41, 5.74) is 0.449. The Balaban J connectivity index is 2.44. The molecule has 1 rings (SSSR count). The van der Waals surface area contributed by atoms with Crippen LogP contribution in [0.4, 0.5) is 13.2 Å². The summed E-state index contributed by atoms with van der Waals surface area (Å²) in [6.45, 7) is 0.605. The summed E-state index contributed by atoms with van der Waals surface area (Å²) >= 11 is 0. The van der Waals surface area contributed by atoms with Crippen LogP contribution in [0.15, 0.2) is 12.3 Å². The molecule has 7 heteroatoms. The minimum atomic E-state index is -4.37. The van der Waals surface area contributed by atoms with Crippen molar-refractivity contribution in [2.45, 2.75) is 25.7 Å². The predicted molar refractivity (Wildman–Crippen MR) is 49.7 cm³/mol. The zero-order chi connectivity index (χ0) is 12.2. The Hall–Kier alpha value is -1.08. The molecule has 0 radical (unpaired) electrons. The highest BCUT2D eigenvalue weighted by Gasteiger charge is 2.28. The third-order valence-corrected chi connectivity index (χ3v) is 1.93. The number of aryl methyl sites for hydroxylation is 1. The van der Waals surface area contributed by atoms with E-state index in [4.69, 9.17) is 0 Å². The number of rotatable bonds is 5. The van der Waals surface area contributed by atoms with E-state index in [2.05, 4.69) is 9.84 Å². The van der Waals surface area contributed by atoms with Crippen LogP contribution in [0.5, 0.6) is 0 Å². The fourth-order valence-electron chi connectivity index (χ4n) is 1.26. The van der Waals surface area contributed by atoms with Gasteiger partial charge in [-0.3, -0.25) is 4.68 Å². The number of aliphatic hydroxyl groups excluding tert-OH is 1. The van der Waals surface area contributed by atoms with Crippen LogP contribution in [0.25, 0.3) is 0 Å². The second-order valence-electron chi connectivity index (χ2n) is 3.22. The van der Waals surface area contributed by atoms with Gasteiger partial charge in [-0.15, -0.1) is 0 Å². The highest BCUT2D eigenvalue weighted by Crippen LogP contribution is 2.17. The smallest absolute Gasteiger partial charge is 0.384 e. The van der Waals surface area contributed by atoms with Crippen molar-refractivity contribution in [1.29, 1.82) is 0 Å². The molecule has 16 heavy (non-hydrogen) atoms. The SMILES string of the molecule is CCn1nccc1C(O)COCC(F)(F)F. The maximum absolute atomic E-state index is 11.8. The minimum Gasteiger partial charge on any atom is -0.384 e. The van der Waals surface area contributed by atoms with Gasteiger partial charge in [-0.05, 0) is 13.0 Å². The van der Waals surface area contributed by atoms with Gasteiger partial charge in [0, 0.05) is 12.7 Å². The summed E-state index contributed by atoms with van der Waals surface area (Å²) in [4.78, 5) is 0. The lowest BCUT2D eigenvalue weighted by molar-refractivity contribution is -0.179. The van der Waals surface area contributed by atoms with E-state index < -0.39 is 25.5 Å². The van der Waals surface area contributed by atoms with Crippen molar-refractivity contribution in [3.05, 3.63) is 18.0 Å². The lowest BCUT2D eigenvalue weighted by Crippen LogP contribution is -2.20. The summed E-state index contributed by atoms with van der Waals surface area (Å²) in [6, 6.07) is 1.55. The number of hydrogen-bond donors (Lipinski definition) is 1. The number of halogens is 3. The molecule has 0 bridgehead atoms. The molecule has 0 aromatic carbocycles. The highest BCUT2D eigenvalue weighted by atomic mass is 19.4. The normalized spacial score (nSPS) is 14.1. The van der Waals surface area contributed by atoms with Crippen LogP contribution in [0, 0.1) is 0 Å². The van der Waals surface area contributed by atoms with Crippen LogP contribution < -0.4 is 0 Å². The molecule has 0 aliphatic carbocycles. The Bertz CT molecular complexity index is 325. The first kappa shape index (κ1) is 13.0. The van der Waals surface area contributed by atoms with Gasteiger partial charge in [0.2, 0.25) is 0 Å². The molecule has 0 amide bonds. The van der Waals surface area contributed by atoms with Gasteiger partial charge in [-0.25, -0.2) is 0 Å². The number of hydrogen-bond acceptors (Lipinski definition) is 3. The van der Waals surface area contributed by atoms with Gasteiger partial charge in [0.25, 0.3) is 0 Å². The van der Waals surface area contributed by atoms with E-state index in [1.165, 1.54) is 10.9 Å². The summed E-state index contributed by atoms with van der Waals surface area (Å²) in [7, 11) is 0. The van der Waals surface area contributed by atoms with Crippen LogP contribution in [0.2, 0.25) is 0 Å². The Morgan fingerprint density at radius 2 is 2.25 bits per heavy atom. The molecule has 92 valence electrons. The van der Waals surface area contributed by atoms with Crippen molar-refractivity contribution in [3.8, 4) is 0 Å². The van der Waals surface area contributed by atoms with Gasteiger partial charge < -0.3 is 9.84 Å². The van der Waals surface area contributed by atoms with E-state index in [0.717, 1.165) is 0 Å². The van der Waals surface area contributed by atoms with E-state index in [1.807, 2.05) is 6.92 Å². The minimum absolute atomic E-state index is 0.398. The molecule has 0 aliphatic heterocycles. The topological polar surface area (TPSA) is 47.3 Å². The van der Waals surface area contributed by atoms with Crippen molar-refractivity contribution in [2.75, 3.05) is 13.2 Å². The zero-order valence-corrected chi connectivity index (χ0v) is 8.74. The standard InChI is InChI=1S/C9H13F3N2O2/c1-2-14-7(3-4-13-14)8(15)5-16-6-9(10,11)12/h3-4,8,15H,2,5-6H2,1H3. The Kier molecular flexibility index (Phi) is 4.31. The van der Waals surface area contributed by atoms with Crippen LogP contribution in [0.1, 0.15) is 18.7 Å². The quantitative estimate of drug-likeness (QED) is 0.845. The number of aromatic nitrogens is 2. The average molecular weight is 238 g/mol. The largest absolute Gasteiger partial charge is 0.411 e. The van der Waals surface area contributed by atoms with E-state index in [-0.39, 0.29) is 0 Å². The summed E-state index contributed by atoms with van der Waals surface area (Å²) < 4.78 is 41.2. The number of aliphatic hydroxyl groups is 1. The molecule has 4 nitrogen and oxygen atoms in total. The fourth-order valence-corrected chi connectivity index (χ4v) is 1.26. The third-order valence-electron chi connectivity index (χ3n) is 1.93. The molecule has 1 unspecified atom stereocenters. The van der Waals surface area contributed by atoms with Crippen LogP contribution in [0.3, 0.4) is 0 Å². The second-order valence-corrected chi connectivity index (χ2v) is 3.22. The molecule has 1 aromatic heterocycles.